The van der Waals surface area contributed by atoms with Crippen LogP contribution >= 0.6 is 0 Å². The van der Waals surface area contributed by atoms with Crippen LogP contribution in [0.1, 0.15) is 37.1 Å². The molecule has 8 nitrogen and oxygen atoms in total. The van der Waals surface area contributed by atoms with Gasteiger partial charge in [0.1, 0.15) is 17.9 Å². The third kappa shape index (κ3) is 4.64. The van der Waals surface area contributed by atoms with Gasteiger partial charge in [0.2, 0.25) is 5.92 Å². The van der Waals surface area contributed by atoms with E-state index in [0.717, 1.165) is 11.4 Å². The first-order valence-electron chi connectivity index (χ1n) is 9.98. The number of nitrogens with one attached hydrogen (secondary N) is 1. The maximum absolute atomic E-state index is 13.5. The minimum atomic E-state index is -2.56. The van der Waals surface area contributed by atoms with Crippen molar-refractivity contribution in [1.82, 2.24) is 19.7 Å². The van der Waals surface area contributed by atoms with E-state index in [9.17, 15) is 8.78 Å². The van der Waals surface area contributed by atoms with E-state index in [1.165, 1.54) is 0 Å². The summed E-state index contributed by atoms with van der Waals surface area (Å²) in [6, 6.07) is 3.76. The molecule has 2 aliphatic rings. The number of rotatable bonds is 4. The highest BCUT2D eigenvalue weighted by atomic mass is 19.3. The van der Waals surface area contributed by atoms with Gasteiger partial charge in [-0.2, -0.15) is 15.1 Å². The molecule has 0 bridgehead atoms. The molecule has 1 unspecified atom stereocenters. The van der Waals surface area contributed by atoms with Gasteiger partial charge in [0.25, 0.3) is 5.95 Å². The average molecular weight is 407 g/mol. The van der Waals surface area contributed by atoms with Crippen LogP contribution < -0.4 is 16.0 Å². The van der Waals surface area contributed by atoms with Crippen molar-refractivity contribution in [3.8, 4) is 5.95 Å². The Labute approximate surface area is 168 Å². The number of anilines is 2. The Balaban J connectivity index is 1.63. The van der Waals surface area contributed by atoms with Crippen LogP contribution in [0.15, 0.2) is 12.1 Å². The number of ether oxygens (including phenoxy) is 1. The van der Waals surface area contributed by atoms with E-state index in [2.05, 4.69) is 15.4 Å². The number of morpholine rings is 1. The molecule has 3 heterocycles. The Morgan fingerprint density at radius 1 is 1.21 bits per heavy atom. The van der Waals surface area contributed by atoms with Gasteiger partial charge >= 0.3 is 0 Å². The summed E-state index contributed by atoms with van der Waals surface area (Å²) in [4.78, 5) is 11.4. The lowest BCUT2D eigenvalue weighted by Gasteiger charge is -2.32. The molecule has 0 spiro atoms. The van der Waals surface area contributed by atoms with E-state index in [1.54, 1.807) is 4.68 Å². The molecule has 1 saturated heterocycles. The number of hydrogen-bond acceptors (Lipinski definition) is 7. The van der Waals surface area contributed by atoms with Gasteiger partial charge in [-0.05, 0) is 32.8 Å². The molecule has 29 heavy (non-hydrogen) atoms. The number of aryl methyl sites for hydroxylation is 2. The summed E-state index contributed by atoms with van der Waals surface area (Å²) in [6.07, 6.45) is 0.220. The second-order valence-corrected chi connectivity index (χ2v) is 7.88. The maximum atomic E-state index is 13.5. The van der Waals surface area contributed by atoms with Crippen molar-refractivity contribution in [2.45, 2.75) is 57.7 Å². The summed E-state index contributed by atoms with van der Waals surface area (Å²) >= 11 is 0. The van der Waals surface area contributed by atoms with E-state index in [1.807, 2.05) is 30.9 Å². The highest BCUT2D eigenvalue weighted by molar-refractivity contribution is 5.52. The van der Waals surface area contributed by atoms with Gasteiger partial charge in [0, 0.05) is 37.2 Å². The number of nitrogens with two attached hydrogens (primary N) is 1. The molecule has 1 atom stereocenters. The largest absolute Gasteiger partial charge is 0.367 e. The SMILES string of the molecule is Cc1cc(C)n(-c2nc(NC3CCC(F)(F)CC3)cc(N3CCOC(N)C3)n2)n1. The fraction of sp³-hybridized carbons (Fsp3) is 0.632. The molecular formula is C19H27F2N7O. The van der Waals surface area contributed by atoms with Crippen LogP contribution in [0.3, 0.4) is 0 Å². The van der Waals surface area contributed by atoms with Gasteiger partial charge in [-0.1, -0.05) is 0 Å². The van der Waals surface area contributed by atoms with Crippen molar-refractivity contribution in [1.29, 1.82) is 0 Å². The third-order valence-corrected chi connectivity index (χ3v) is 5.39. The van der Waals surface area contributed by atoms with Gasteiger partial charge in [-0.25, -0.2) is 13.5 Å². The summed E-state index contributed by atoms with van der Waals surface area (Å²) in [5.41, 5.74) is 7.73. The van der Waals surface area contributed by atoms with E-state index < -0.39 is 5.92 Å². The highest BCUT2D eigenvalue weighted by Crippen LogP contribution is 2.34. The first-order chi connectivity index (χ1) is 13.8. The van der Waals surface area contributed by atoms with Crippen LogP contribution in [0.5, 0.6) is 0 Å². The number of nitrogens with zero attached hydrogens (tertiary/aromatic N) is 5. The average Bonchev–Trinajstić information content (AvgIpc) is 3.01. The molecule has 1 saturated carbocycles. The smallest absolute Gasteiger partial charge is 0.254 e. The number of aromatic nitrogens is 4. The molecule has 2 aromatic heterocycles. The molecule has 0 radical (unpaired) electrons. The van der Waals surface area contributed by atoms with Gasteiger partial charge in [-0.3, -0.25) is 0 Å². The summed E-state index contributed by atoms with van der Waals surface area (Å²) < 4.78 is 34.1. The van der Waals surface area contributed by atoms with Gasteiger partial charge in [0.15, 0.2) is 0 Å². The second-order valence-electron chi connectivity index (χ2n) is 7.88. The fourth-order valence-corrected chi connectivity index (χ4v) is 3.86. The summed E-state index contributed by atoms with van der Waals surface area (Å²) in [7, 11) is 0. The first kappa shape index (κ1) is 20.0. The van der Waals surface area contributed by atoms with Crippen LogP contribution in [0.4, 0.5) is 20.4 Å². The molecule has 1 aliphatic carbocycles. The molecule has 10 heteroatoms. The van der Waals surface area contributed by atoms with Crippen LogP contribution in [0.25, 0.3) is 5.95 Å². The van der Waals surface area contributed by atoms with Crippen LogP contribution in [-0.4, -0.2) is 57.6 Å². The molecular weight excluding hydrogens is 380 g/mol. The van der Waals surface area contributed by atoms with E-state index in [4.69, 9.17) is 15.5 Å². The zero-order valence-electron chi connectivity index (χ0n) is 16.7. The molecule has 3 N–H and O–H groups in total. The summed E-state index contributed by atoms with van der Waals surface area (Å²) in [5, 5.41) is 7.82. The Bertz CT molecular complexity index is 862. The Morgan fingerprint density at radius 2 is 1.97 bits per heavy atom. The zero-order valence-corrected chi connectivity index (χ0v) is 16.7. The Morgan fingerprint density at radius 3 is 2.62 bits per heavy atom. The van der Waals surface area contributed by atoms with E-state index >= 15 is 0 Å². The van der Waals surface area contributed by atoms with Crippen molar-refractivity contribution < 1.29 is 13.5 Å². The molecule has 2 fully saturated rings. The molecule has 2 aromatic rings. The van der Waals surface area contributed by atoms with Crippen LogP contribution in [-0.2, 0) is 4.74 Å². The molecule has 0 aromatic carbocycles. The lowest BCUT2D eigenvalue weighted by atomic mass is 9.92. The second kappa shape index (κ2) is 7.83. The predicted molar refractivity (Wildman–Crippen MR) is 106 cm³/mol. The summed E-state index contributed by atoms with van der Waals surface area (Å²) in [5.74, 6) is -0.803. The number of alkyl halides is 2. The van der Waals surface area contributed by atoms with Crippen LogP contribution in [0, 0.1) is 13.8 Å². The summed E-state index contributed by atoms with van der Waals surface area (Å²) in [6.45, 7) is 5.55. The lowest BCUT2D eigenvalue weighted by molar-refractivity contribution is -0.0361. The van der Waals surface area contributed by atoms with Crippen molar-refractivity contribution >= 4 is 11.6 Å². The first-order valence-corrected chi connectivity index (χ1v) is 9.98. The number of hydrogen-bond donors (Lipinski definition) is 2. The van der Waals surface area contributed by atoms with Crippen LogP contribution in [0.2, 0.25) is 0 Å². The van der Waals surface area contributed by atoms with Crippen molar-refractivity contribution in [2.24, 2.45) is 5.73 Å². The minimum absolute atomic E-state index is 0.0439. The maximum Gasteiger partial charge on any atom is 0.254 e. The molecule has 158 valence electrons. The quantitative estimate of drug-likeness (QED) is 0.804. The molecule has 1 aliphatic heterocycles. The Kier molecular flexibility index (Phi) is 5.39. The predicted octanol–water partition coefficient (Wildman–Crippen LogP) is 2.39. The Hall–Kier alpha value is -2.33. The standard InChI is InChI=1S/C19H27F2N7O/c1-12-9-13(2)28(26-12)18-24-16(23-14-3-5-19(20,21)6-4-14)10-17(25-18)27-7-8-29-15(22)11-27/h9-10,14-15H,3-8,11,22H2,1-2H3,(H,23,24,25). The lowest BCUT2D eigenvalue weighted by Crippen LogP contribution is -2.47. The molecule has 0 amide bonds. The van der Waals surface area contributed by atoms with E-state index in [0.29, 0.717) is 50.1 Å². The van der Waals surface area contributed by atoms with Crippen molar-refractivity contribution in [2.75, 3.05) is 29.9 Å². The van der Waals surface area contributed by atoms with Crippen molar-refractivity contribution in [3.63, 3.8) is 0 Å². The van der Waals surface area contributed by atoms with Crippen molar-refractivity contribution in [3.05, 3.63) is 23.5 Å². The topological polar surface area (TPSA) is 94.1 Å². The fourth-order valence-electron chi connectivity index (χ4n) is 3.86. The van der Waals surface area contributed by atoms with E-state index in [-0.39, 0.29) is 25.1 Å². The van der Waals surface area contributed by atoms with Gasteiger partial charge < -0.3 is 20.7 Å². The van der Waals surface area contributed by atoms with Gasteiger partial charge in [-0.15, -0.1) is 0 Å². The highest BCUT2D eigenvalue weighted by Gasteiger charge is 2.35. The minimum Gasteiger partial charge on any atom is -0.367 e. The normalized spacial score (nSPS) is 22.7. The third-order valence-electron chi connectivity index (χ3n) is 5.39. The van der Waals surface area contributed by atoms with Gasteiger partial charge in [0.05, 0.1) is 18.8 Å². The zero-order chi connectivity index (χ0) is 20.6. The monoisotopic (exact) mass is 407 g/mol. The number of halogens is 2. The molecule has 4 rings (SSSR count).